The van der Waals surface area contributed by atoms with E-state index in [1.54, 1.807) is 28.8 Å². The fourth-order valence-electron chi connectivity index (χ4n) is 3.04. The maximum Gasteiger partial charge on any atom is 0.410 e. The van der Waals surface area contributed by atoms with Gasteiger partial charge >= 0.3 is 6.09 Å². The molecule has 7 nitrogen and oxygen atoms in total. The second-order valence-corrected chi connectivity index (χ2v) is 7.57. The normalized spacial score (nSPS) is 13.9. The monoisotopic (exact) mass is 371 g/mol. The number of aromatic nitrogens is 2. The van der Waals surface area contributed by atoms with Crippen LogP contribution in [0.5, 0.6) is 5.75 Å². The maximum absolute atomic E-state index is 12.5. The molecule has 7 heteroatoms. The van der Waals surface area contributed by atoms with Gasteiger partial charge in [0.2, 0.25) is 0 Å². The molecule has 0 N–H and O–H groups in total. The van der Waals surface area contributed by atoms with Crippen LogP contribution in [0.3, 0.4) is 0 Å². The molecule has 2 aromatic heterocycles. The molecular weight excluding hydrogens is 346 g/mol. The van der Waals surface area contributed by atoms with Crippen LogP contribution in [0.2, 0.25) is 0 Å². The number of pyridine rings is 2. The minimum Gasteiger partial charge on any atom is -0.495 e. The van der Waals surface area contributed by atoms with E-state index in [0.717, 1.165) is 17.0 Å². The summed E-state index contributed by atoms with van der Waals surface area (Å²) in [5.74, 6) is 0.664. The van der Waals surface area contributed by atoms with Crippen molar-refractivity contribution in [2.45, 2.75) is 45.9 Å². The number of rotatable bonds is 3. The molecule has 0 saturated heterocycles. The second-order valence-electron chi connectivity index (χ2n) is 7.57. The number of ether oxygens (including phenoxy) is 2. The molecule has 0 fully saturated rings. The Kier molecular flexibility index (Phi) is 5.21. The molecule has 1 amide bonds. The smallest absolute Gasteiger partial charge is 0.410 e. The highest BCUT2D eigenvalue weighted by Crippen LogP contribution is 2.21. The van der Waals surface area contributed by atoms with E-state index in [1.807, 2.05) is 39.0 Å². The van der Waals surface area contributed by atoms with Crippen LogP contribution in [0.1, 0.15) is 37.7 Å². The van der Waals surface area contributed by atoms with Gasteiger partial charge in [0.15, 0.2) is 0 Å². The molecule has 2 aromatic rings. The largest absolute Gasteiger partial charge is 0.495 e. The SMILES string of the molecule is COc1ccc(Cn2c3c(ccc2=O)CCN(C(=O)OC(C)(C)C)C3)nc1. The quantitative estimate of drug-likeness (QED) is 0.829. The number of nitrogens with zero attached hydrogens (tertiary/aromatic N) is 3. The summed E-state index contributed by atoms with van der Waals surface area (Å²) in [4.78, 5) is 30.9. The Hall–Kier alpha value is -2.83. The predicted molar refractivity (Wildman–Crippen MR) is 101 cm³/mol. The van der Waals surface area contributed by atoms with Crippen LogP contribution in [0.4, 0.5) is 4.79 Å². The summed E-state index contributed by atoms with van der Waals surface area (Å²) in [7, 11) is 1.58. The Bertz CT molecular complexity index is 882. The molecule has 0 atom stereocenters. The molecule has 0 radical (unpaired) electrons. The molecule has 1 aliphatic rings. The fraction of sp³-hybridized carbons (Fsp3) is 0.450. The van der Waals surface area contributed by atoms with Gasteiger partial charge in [0, 0.05) is 18.3 Å². The van der Waals surface area contributed by atoms with E-state index >= 15 is 0 Å². The van der Waals surface area contributed by atoms with Crippen LogP contribution >= 0.6 is 0 Å². The molecule has 1 aliphatic heterocycles. The van der Waals surface area contributed by atoms with Gasteiger partial charge in [0.25, 0.3) is 5.56 Å². The minimum atomic E-state index is -0.555. The average Bonchev–Trinajstić information content (AvgIpc) is 2.63. The van der Waals surface area contributed by atoms with Crippen molar-refractivity contribution in [3.8, 4) is 5.75 Å². The zero-order chi connectivity index (χ0) is 19.6. The number of amides is 1. The minimum absolute atomic E-state index is 0.114. The van der Waals surface area contributed by atoms with Crippen molar-refractivity contribution in [2.24, 2.45) is 0 Å². The van der Waals surface area contributed by atoms with Crippen molar-refractivity contribution < 1.29 is 14.3 Å². The first-order valence-electron chi connectivity index (χ1n) is 8.95. The van der Waals surface area contributed by atoms with Crippen LogP contribution in [0, 0.1) is 0 Å². The van der Waals surface area contributed by atoms with E-state index in [1.165, 1.54) is 0 Å². The van der Waals surface area contributed by atoms with E-state index in [9.17, 15) is 9.59 Å². The molecular formula is C20H25N3O4. The third kappa shape index (κ3) is 4.48. The summed E-state index contributed by atoms with van der Waals surface area (Å²) in [6, 6.07) is 7.07. The van der Waals surface area contributed by atoms with Gasteiger partial charge in [-0.15, -0.1) is 0 Å². The average molecular weight is 371 g/mol. The number of fused-ring (bicyclic) bond motifs is 1. The number of hydrogen-bond acceptors (Lipinski definition) is 5. The Morgan fingerprint density at radius 2 is 2.00 bits per heavy atom. The molecule has 0 aromatic carbocycles. The van der Waals surface area contributed by atoms with Gasteiger partial charge in [-0.3, -0.25) is 9.78 Å². The van der Waals surface area contributed by atoms with Gasteiger partial charge in [0.05, 0.1) is 32.1 Å². The maximum atomic E-state index is 12.5. The summed E-state index contributed by atoms with van der Waals surface area (Å²) in [6.45, 7) is 6.78. The first-order valence-corrected chi connectivity index (χ1v) is 8.95. The van der Waals surface area contributed by atoms with Crippen LogP contribution < -0.4 is 10.3 Å². The van der Waals surface area contributed by atoms with E-state index < -0.39 is 5.60 Å². The van der Waals surface area contributed by atoms with Crippen molar-refractivity contribution >= 4 is 6.09 Å². The van der Waals surface area contributed by atoms with E-state index in [0.29, 0.717) is 31.8 Å². The summed E-state index contributed by atoms with van der Waals surface area (Å²) in [6.07, 6.45) is 1.95. The standard InChI is InChI=1S/C20H25N3O4/c1-20(2,3)27-19(25)22-10-9-14-5-8-18(24)23(17(14)13-22)12-15-6-7-16(26-4)11-21-15/h5-8,11H,9-10,12-13H2,1-4H3. The van der Waals surface area contributed by atoms with Crippen molar-refractivity contribution in [2.75, 3.05) is 13.7 Å². The molecule has 0 aliphatic carbocycles. The lowest BCUT2D eigenvalue weighted by Crippen LogP contribution is -2.42. The number of hydrogen-bond donors (Lipinski definition) is 0. The summed E-state index contributed by atoms with van der Waals surface area (Å²) in [5.41, 5.74) is 1.99. The molecule has 144 valence electrons. The summed E-state index contributed by atoms with van der Waals surface area (Å²) >= 11 is 0. The number of carbonyl (C=O) groups excluding carboxylic acids is 1. The Labute approximate surface area is 158 Å². The predicted octanol–water partition coefficient (Wildman–Crippen LogP) is 2.59. The van der Waals surface area contributed by atoms with Gasteiger partial charge in [-0.1, -0.05) is 6.07 Å². The molecule has 27 heavy (non-hydrogen) atoms. The van der Waals surface area contributed by atoms with Crippen molar-refractivity contribution in [1.29, 1.82) is 0 Å². The van der Waals surface area contributed by atoms with Crippen LogP contribution in [0.25, 0.3) is 0 Å². The topological polar surface area (TPSA) is 73.7 Å². The van der Waals surface area contributed by atoms with Crippen molar-refractivity contribution in [3.63, 3.8) is 0 Å². The van der Waals surface area contributed by atoms with Crippen LogP contribution in [0.15, 0.2) is 35.3 Å². The Morgan fingerprint density at radius 1 is 1.22 bits per heavy atom. The van der Waals surface area contributed by atoms with Gasteiger partial charge in [-0.2, -0.15) is 0 Å². The molecule has 0 unspecified atom stereocenters. The van der Waals surface area contributed by atoms with Gasteiger partial charge in [-0.25, -0.2) is 4.79 Å². The Morgan fingerprint density at radius 3 is 2.63 bits per heavy atom. The lowest BCUT2D eigenvalue weighted by molar-refractivity contribution is 0.0218. The van der Waals surface area contributed by atoms with Gasteiger partial charge in [0.1, 0.15) is 11.4 Å². The zero-order valence-corrected chi connectivity index (χ0v) is 16.2. The fourth-order valence-corrected chi connectivity index (χ4v) is 3.04. The summed E-state index contributed by atoms with van der Waals surface area (Å²) < 4.78 is 12.3. The molecule has 3 heterocycles. The molecule has 0 spiro atoms. The first-order chi connectivity index (χ1) is 12.8. The highest BCUT2D eigenvalue weighted by molar-refractivity contribution is 5.68. The van der Waals surface area contributed by atoms with Gasteiger partial charge in [-0.05, 0) is 44.9 Å². The molecule has 0 saturated carbocycles. The zero-order valence-electron chi connectivity index (χ0n) is 16.2. The summed E-state index contributed by atoms with van der Waals surface area (Å²) in [5, 5.41) is 0. The van der Waals surface area contributed by atoms with E-state index in [-0.39, 0.29) is 11.7 Å². The number of carbonyl (C=O) groups is 1. The lowest BCUT2D eigenvalue weighted by Gasteiger charge is -2.32. The molecule has 3 rings (SSSR count). The van der Waals surface area contributed by atoms with Crippen LogP contribution in [-0.4, -0.2) is 39.8 Å². The highest BCUT2D eigenvalue weighted by Gasteiger charge is 2.27. The Balaban J connectivity index is 1.87. The number of methoxy groups -OCH3 is 1. The highest BCUT2D eigenvalue weighted by atomic mass is 16.6. The second kappa shape index (κ2) is 7.42. The van der Waals surface area contributed by atoms with E-state index in [4.69, 9.17) is 9.47 Å². The lowest BCUT2D eigenvalue weighted by atomic mass is 10.0. The van der Waals surface area contributed by atoms with Crippen molar-refractivity contribution in [3.05, 3.63) is 57.8 Å². The van der Waals surface area contributed by atoms with Crippen LogP contribution in [-0.2, 0) is 24.2 Å². The van der Waals surface area contributed by atoms with Gasteiger partial charge < -0.3 is 18.9 Å². The molecule has 0 bridgehead atoms. The first kappa shape index (κ1) is 18.9. The third-order valence-corrected chi connectivity index (χ3v) is 4.39. The third-order valence-electron chi connectivity index (χ3n) is 4.39. The van der Waals surface area contributed by atoms with E-state index in [2.05, 4.69) is 4.98 Å². The van der Waals surface area contributed by atoms with Crippen molar-refractivity contribution in [1.82, 2.24) is 14.5 Å².